The molecule has 0 aliphatic rings. The Hall–Kier alpha value is -3.74. The van der Waals surface area contributed by atoms with E-state index in [2.05, 4.69) is 20.6 Å². The van der Waals surface area contributed by atoms with Crippen LogP contribution in [0, 0.1) is 0 Å². The predicted molar refractivity (Wildman–Crippen MR) is 126 cm³/mol. The number of pyridine rings is 1. The number of aliphatic imine (C=N–C) groups is 1. The summed E-state index contributed by atoms with van der Waals surface area (Å²) < 4.78 is 16.5. The fourth-order valence-corrected chi connectivity index (χ4v) is 3.02. The zero-order chi connectivity index (χ0) is 22.6. The van der Waals surface area contributed by atoms with Crippen molar-refractivity contribution in [2.45, 2.75) is 26.6 Å². The number of nitrogens with one attached hydrogen (secondary N) is 2. The van der Waals surface area contributed by atoms with E-state index in [1.165, 1.54) is 0 Å². The third kappa shape index (κ3) is 6.91. The van der Waals surface area contributed by atoms with Gasteiger partial charge in [0.05, 0.1) is 26.5 Å². The average molecular weight is 435 g/mol. The van der Waals surface area contributed by atoms with Gasteiger partial charge >= 0.3 is 0 Å². The van der Waals surface area contributed by atoms with Gasteiger partial charge < -0.3 is 24.8 Å². The van der Waals surface area contributed by atoms with Crippen molar-refractivity contribution in [1.82, 2.24) is 15.6 Å². The Morgan fingerprint density at radius 3 is 2.44 bits per heavy atom. The van der Waals surface area contributed by atoms with Crippen LogP contribution in [0.1, 0.15) is 23.7 Å². The quantitative estimate of drug-likeness (QED) is 0.372. The lowest BCUT2D eigenvalue weighted by Crippen LogP contribution is -2.36. The lowest BCUT2D eigenvalue weighted by atomic mass is 10.2. The van der Waals surface area contributed by atoms with E-state index < -0.39 is 0 Å². The number of ether oxygens (including phenoxy) is 3. The van der Waals surface area contributed by atoms with Crippen LogP contribution in [-0.2, 0) is 19.7 Å². The van der Waals surface area contributed by atoms with E-state index in [1.54, 1.807) is 20.4 Å². The van der Waals surface area contributed by atoms with Gasteiger partial charge in [-0.2, -0.15) is 0 Å². The Morgan fingerprint density at radius 2 is 1.75 bits per heavy atom. The molecule has 3 rings (SSSR count). The van der Waals surface area contributed by atoms with Gasteiger partial charge in [0.2, 0.25) is 0 Å². The van der Waals surface area contributed by atoms with Crippen molar-refractivity contribution in [1.29, 1.82) is 0 Å². The summed E-state index contributed by atoms with van der Waals surface area (Å²) in [4.78, 5) is 8.96. The summed E-state index contributed by atoms with van der Waals surface area (Å²) in [6.45, 7) is 4.39. The molecule has 0 saturated carbocycles. The Balaban J connectivity index is 1.56. The minimum absolute atomic E-state index is 0.446. The molecule has 1 aromatic heterocycles. The topological polar surface area (TPSA) is 77.0 Å². The zero-order valence-corrected chi connectivity index (χ0v) is 18.8. The van der Waals surface area contributed by atoms with Crippen LogP contribution >= 0.6 is 0 Å². The van der Waals surface area contributed by atoms with E-state index in [-0.39, 0.29) is 0 Å². The summed E-state index contributed by atoms with van der Waals surface area (Å²) in [5, 5.41) is 6.63. The molecule has 2 aromatic carbocycles. The highest BCUT2D eigenvalue weighted by Crippen LogP contribution is 2.24. The molecule has 0 saturated heterocycles. The second-order valence-electron chi connectivity index (χ2n) is 6.98. The monoisotopic (exact) mass is 434 g/mol. The van der Waals surface area contributed by atoms with Crippen molar-refractivity contribution in [2.75, 3.05) is 20.8 Å². The standard InChI is InChI=1S/C25H30N4O3/c1-4-26-25(29-17-20-10-13-23(30-2)15-24(20)31-3)28-16-19-8-11-22(12-9-19)32-18-21-7-5-6-14-27-21/h5-15H,4,16-18H2,1-3H3,(H2,26,28,29). The molecule has 0 bridgehead atoms. The zero-order valence-electron chi connectivity index (χ0n) is 18.8. The number of methoxy groups -OCH3 is 2. The van der Waals surface area contributed by atoms with Gasteiger partial charge in [-0.25, -0.2) is 4.99 Å². The molecular formula is C25H30N4O3. The summed E-state index contributed by atoms with van der Waals surface area (Å²) in [5.41, 5.74) is 3.01. The number of nitrogens with zero attached hydrogens (tertiary/aromatic N) is 2. The normalized spacial score (nSPS) is 11.0. The minimum atomic E-state index is 0.446. The number of aromatic nitrogens is 1. The van der Waals surface area contributed by atoms with E-state index >= 15 is 0 Å². The molecule has 0 aliphatic heterocycles. The highest BCUT2D eigenvalue weighted by molar-refractivity contribution is 5.79. The van der Waals surface area contributed by atoms with Gasteiger partial charge in [0.1, 0.15) is 23.9 Å². The molecule has 32 heavy (non-hydrogen) atoms. The first-order valence-corrected chi connectivity index (χ1v) is 10.6. The van der Waals surface area contributed by atoms with Crippen molar-refractivity contribution >= 4 is 5.96 Å². The Bertz CT molecular complexity index is 992. The van der Waals surface area contributed by atoms with Crippen molar-refractivity contribution in [3.05, 3.63) is 83.7 Å². The molecular weight excluding hydrogens is 404 g/mol. The molecule has 168 valence electrons. The molecule has 0 unspecified atom stereocenters. The van der Waals surface area contributed by atoms with Crippen molar-refractivity contribution in [3.8, 4) is 17.2 Å². The first-order chi connectivity index (χ1) is 15.7. The smallest absolute Gasteiger partial charge is 0.191 e. The van der Waals surface area contributed by atoms with Gasteiger partial charge in [0, 0.05) is 30.9 Å². The van der Waals surface area contributed by atoms with Gasteiger partial charge in [0.15, 0.2) is 5.96 Å². The summed E-state index contributed by atoms with van der Waals surface area (Å²) in [5.74, 6) is 3.08. The molecule has 7 nitrogen and oxygen atoms in total. The third-order valence-electron chi connectivity index (χ3n) is 4.74. The van der Waals surface area contributed by atoms with Crippen LogP contribution in [0.3, 0.4) is 0 Å². The second kappa shape index (κ2) is 12.2. The van der Waals surface area contributed by atoms with Crippen LogP contribution < -0.4 is 24.8 Å². The van der Waals surface area contributed by atoms with Gasteiger partial charge in [-0.1, -0.05) is 18.2 Å². The van der Waals surface area contributed by atoms with Gasteiger partial charge in [-0.3, -0.25) is 4.98 Å². The van der Waals surface area contributed by atoms with Crippen LogP contribution in [0.4, 0.5) is 0 Å². The summed E-state index contributed by atoms with van der Waals surface area (Å²) in [6, 6.07) is 19.5. The Kier molecular flexibility index (Phi) is 8.74. The van der Waals surface area contributed by atoms with Crippen LogP contribution in [0.5, 0.6) is 17.2 Å². The third-order valence-corrected chi connectivity index (χ3v) is 4.74. The molecule has 0 amide bonds. The van der Waals surface area contributed by atoms with E-state index in [4.69, 9.17) is 14.2 Å². The number of rotatable bonds is 10. The van der Waals surface area contributed by atoms with Gasteiger partial charge in [-0.05, 0) is 48.9 Å². The van der Waals surface area contributed by atoms with Crippen LogP contribution in [0.15, 0.2) is 71.9 Å². The largest absolute Gasteiger partial charge is 0.497 e. The van der Waals surface area contributed by atoms with E-state index in [1.807, 2.05) is 67.6 Å². The van der Waals surface area contributed by atoms with E-state index in [9.17, 15) is 0 Å². The molecule has 2 N–H and O–H groups in total. The SMILES string of the molecule is CCNC(=NCc1ccc(OCc2ccccn2)cc1)NCc1ccc(OC)cc1OC. The lowest BCUT2D eigenvalue weighted by molar-refractivity contribution is 0.301. The molecule has 7 heteroatoms. The van der Waals surface area contributed by atoms with Crippen molar-refractivity contribution in [3.63, 3.8) is 0 Å². The lowest BCUT2D eigenvalue weighted by Gasteiger charge is -2.14. The molecule has 0 aliphatic carbocycles. The summed E-state index contributed by atoms with van der Waals surface area (Å²) in [6.07, 6.45) is 1.76. The average Bonchev–Trinajstić information content (AvgIpc) is 2.85. The highest BCUT2D eigenvalue weighted by Gasteiger charge is 2.06. The molecule has 1 heterocycles. The van der Waals surface area contributed by atoms with Gasteiger partial charge in [0.25, 0.3) is 0 Å². The van der Waals surface area contributed by atoms with Crippen molar-refractivity contribution in [2.24, 2.45) is 4.99 Å². The highest BCUT2D eigenvalue weighted by atomic mass is 16.5. The molecule has 3 aromatic rings. The first-order valence-electron chi connectivity index (χ1n) is 10.6. The fraction of sp³-hybridized carbons (Fsp3) is 0.280. The molecule has 0 atom stereocenters. The Morgan fingerprint density at radius 1 is 0.938 bits per heavy atom. The number of hydrogen-bond acceptors (Lipinski definition) is 5. The van der Waals surface area contributed by atoms with Crippen LogP contribution in [-0.4, -0.2) is 31.7 Å². The number of benzene rings is 2. The fourth-order valence-electron chi connectivity index (χ4n) is 3.02. The van der Waals surface area contributed by atoms with E-state index in [0.717, 1.165) is 46.6 Å². The molecule has 0 radical (unpaired) electrons. The maximum absolute atomic E-state index is 5.79. The second-order valence-corrected chi connectivity index (χ2v) is 6.98. The molecule has 0 fully saturated rings. The van der Waals surface area contributed by atoms with Gasteiger partial charge in [-0.15, -0.1) is 0 Å². The van der Waals surface area contributed by atoms with Crippen LogP contribution in [0.2, 0.25) is 0 Å². The van der Waals surface area contributed by atoms with Crippen LogP contribution in [0.25, 0.3) is 0 Å². The minimum Gasteiger partial charge on any atom is -0.497 e. The number of hydrogen-bond donors (Lipinski definition) is 2. The molecule has 0 spiro atoms. The summed E-state index contributed by atoms with van der Waals surface area (Å²) >= 11 is 0. The number of guanidine groups is 1. The summed E-state index contributed by atoms with van der Waals surface area (Å²) in [7, 11) is 3.29. The van der Waals surface area contributed by atoms with E-state index in [0.29, 0.717) is 19.7 Å². The predicted octanol–water partition coefficient (Wildman–Crippen LogP) is 3.93. The van der Waals surface area contributed by atoms with Crippen molar-refractivity contribution < 1.29 is 14.2 Å². The maximum atomic E-state index is 5.79. The maximum Gasteiger partial charge on any atom is 0.191 e. The Labute approximate surface area is 189 Å². The first kappa shape index (κ1) is 22.9.